The van der Waals surface area contributed by atoms with E-state index in [0.29, 0.717) is 11.5 Å². The normalized spacial score (nSPS) is 18.2. The summed E-state index contributed by atoms with van der Waals surface area (Å²) in [5.41, 5.74) is 1.14. The molecule has 2 aromatic rings. The van der Waals surface area contributed by atoms with Crippen molar-refractivity contribution in [1.29, 1.82) is 0 Å². The average Bonchev–Trinajstić information content (AvgIpc) is 2.79. The van der Waals surface area contributed by atoms with E-state index in [1.807, 2.05) is 73.0 Å². The molecule has 33 heavy (non-hydrogen) atoms. The minimum atomic E-state index is -0.472. The number of hydrogen-bond acceptors (Lipinski definition) is 5. The lowest BCUT2D eigenvalue weighted by Crippen LogP contribution is -2.50. The van der Waals surface area contributed by atoms with E-state index in [9.17, 15) is 9.59 Å². The lowest BCUT2D eigenvalue weighted by Gasteiger charge is -2.46. The number of carbonyl (C=O) groups is 2. The van der Waals surface area contributed by atoms with Gasteiger partial charge in [0.25, 0.3) is 5.91 Å². The topological polar surface area (TPSA) is 74.8 Å². The predicted octanol–water partition coefficient (Wildman–Crippen LogP) is 5.08. The van der Waals surface area contributed by atoms with Crippen molar-refractivity contribution in [3.63, 3.8) is 0 Å². The Balaban J connectivity index is 1.31. The van der Waals surface area contributed by atoms with Crippen molar-refractivity contribution in [3.8, 4) is 0 Å². The third-order valence-electron chi connectivity index (χ3n) is 6.60. The van der Waals surface area contributed by atoms with Gasteiger partial charge >= 0.3 is 6.09 Å². The van der Waals surface area contributed by atoms with Crippen LogP contribution in [-0.2, 0) is 4.74 Å². The number of carbonyl (C=O) groups excluding carboxylic acids is 2. The van der Waals surface area contributed by atoms with E-state index in [2.05, 4.69) is 10.3 Å². The van der Waals surface area contributed by atoms with Crippen molar-refractivity contribution < 1.29 is 14.3 Å². The lowest BCUT2D eigenvalue weighted by molar-refractivity contribution is -0.00119. The fourth-order valence-electron chi connectivity index (χ4n) is 4.63. The third-order valence-corrected chi connectivity index (χ3v) is 6.60. The molecule has 3 heterocycles. The molecular formula is C26H34N4O3. The fraction of sp³-hybridized carbons (Fsp3) is 0.500. The van der Waals surface area contributed by atoms with E-state index in [4.69, 9.17) is 4.74 Å². The molecule has 2 aliphatic rings. The molecule has 1 N–H and O–H groups in total. The smallest absolute Gasteiger partial charge is 0.410 e. The first-order valence-corrected chi connectivity index (χ1v) is 11.8. The number of nitrogens with zero attached hydrogens (tertiary/aromatic N) is 3. The number of nitrogens with one attached hydrogen (secondary N) is 1. The summed E-state index contributed by atoms with van der Waals surface area (Å²) in [6, 6.07) is 15.3. The minimum Gasteiger partial charge on any atom is -0.444 e. The van der Waals surface area contributed by atoms with E-state index in [1.54, 1.807) is 6.07 Å². The number of para-hydroxylation sites is 1. The molecule has 1 aromatic carbocycles. The zero-order valence-electron chi connectivity index (χ0n) is 19.8. The van der Waals surface area contributed by atoms with Crippen LogP contribution in [0.15, 0.2) is 48.5 Å². The first-order valence-electron chi connectivity index (χ1n) is 11.8. The number of aromatic nitrogens is 1. The van der Waals surface area contributed by atoms with E-state index >= 15 is 0 Å². The Hall–Kier alpha value is -3.09. The molecule has 2 fully saturated rings. The summed E-state index contributed by atoms with van der Waals surface area (Å²) >= 11 is 0. The van der Waals surface area contributed by atoms with Gasteiger partial charge in [0.1, 0.15) is 17.1 Å². The summed E-state index contributed by atoms with van der Waals surface area (Å²) in [5, 5.41) is 3.25. The van der Waals surface area contributed by atoms with Crippen LogP contribution in [0.4, 0.5) is 16.3 Å². The van der Waals surface area contributed by atoms with Crippen LogP contribution < -0.4 is 5.32 Å². The Bertz CT molecular complexity index is 969. The van der Waals surface area contributed by atoms with Crippen molar-refractivity contribution in [2.24, 2.45) is 5.41 Å². The molecule has 7 nitrogen and oxygen atoms in total. The largest absolute Gasteiger partial charge is 0.444 e. The van der Waals surface area contributed by atoms with Gasteiger partial charge in [-0.2, -0.15) is 0 Å². The summed E-state index contributed by atoms with van der Waals surface area (Å²) in [5.74, 6) is 0.641. The highest BCUT2D eigenvalue weighted by molar-refractivity contribution is 5.92. The summed E-state index contributed by atoms with van der Waals surface area (Å²) in [7, 11) is 0. The number of hydrogen-bond donors (Lipinski definition) is 1. The molecule has 2 aliphatic heterocycles. The number of pyridine rings is 1. The van der Waals surface area contributed by atoms with Gasteiger partial charge in [0.05, 0.1) is 0 Å². The van der Waals surface area contributed by atoms with Crippen LogP contribution in [-0.4, -0.2) is 58.6 Å². The van der Waals surface area contributed by atoms with Crippen molar-refractivity contribution in [2.75, 3.05) is 31.5 Å². The molecule has 0 bridgehead atoms. The van der Waals surface area contributed by atoms with Crippen molar-refractivity contribution >= 4 is 23.5 Å². The van der Waals surface area contributed by atoms with E-state index < -0.39 is 5.60 Å². The van der Waals surface area contributed by atoms with Crippen LogP contribution in [0, 0.1) is 5.41 Å². The molecule has 0 saturated carbocycles. The highest BCUT2D eigenvalue weighted by atomic mass is 16.6. The molecule has 7 heteroatoms. The third kappa shape index (κ3) is 5.83. The van der Waals surface area contributed by atoms with Crippen LogP contribution in [0.3, 0.4) is 0 Å². The maximum Gasteiger partial charge on any atom is 0.410 e. The first kappa shape index (κ1) is 23.1. The Morgan fingerprint density at radius 2 is 1.48 bits per heavy atom. The Labute approximate surface area is 196 Å². The van der Waals surface area contributed by atoms with Gasteiger partial charge in [-0.1, -0.05) is 24.3 Å². The molecule has 4 rings (SSSR count). The SMILES string of the molecule is CC(C)(C)OC(=O)N1CCC2(CC1)CCN(C(=O)c1cccc(Nc3ccccc3)n1)CC2. The standard InChI is InChI=1S/C26H34N4O3/c1-25(2,3)33-24(32)30-18-14-26(15-19-30)12-16-29(17-13-26)23(31)21-10-7-11-22(28-21)27-20-8-5-4-6-9-20/h4-11H,12-19H2,1-3H3,(H,27,28). The van der Waals surface area contributed by atoms with Crippen LogP contribution in [0.1, 0.15) is 56.9 Å². The summed E-state index contributed by atoms with van der Waals surface area (Å²) in [4.78, 5) is 33.8. The van der Waals surface area contributed by atoms with E-state index in [0.717, 1.165) is 57.5 Å². The second kappa shape index (κ2) is 9.41. The Morgan fingerprint density at radius 3 is 2.09 bits per heavy atom. The molecule has 2 saturated heterocycles. The van der Waals surface area contributed by atoms with Crippen molar-refractivity contribution in [2.45, 2.75) is 52.1 Å². The van der Waals surface area contributed by atoms with Crippen molar-refractivity contribution in [3.05, 3.63) is 54.2 Å². The van der Waals surface area contributed by atoms with Crippen LogP contribution in [0.5, 0.6) is 0 Å². The predicted molar refractivity (Wildman–Crippen MR) is 129 cm³/mol. The summed E-state index contributed by atoms with van der Waals surface area (Å²) in [6.45, 7) is 8.57. The highest BCUT2D eigenvalue weighted by Gasteiger charge is 2.40. The molecule has 176 valence electrons. The van der Waals surface area contributed by atoms with E-state index in [-0.39, 0.29) is 17.4 Å². The van der Waals surface area contributed by atoms with Crippen LogP contribution >= 0.6 is 0 Å². The quantitative estimate of drug-likeness (QED) is 0.706. The summed E-state index contributed by atoms with van der Waals surface area (Å²) in [6.07, 6.45) is 3.62. The monoisotopic (exact) mass is 450 g/mol. The second-order valence-electron chi connectivity index (χ2n) is 10.2. The van der Waals surface area contributed by atoms with E-state index in [1.165, 1.54) is 0 Å². The molecule has 1 spiro atoms. The van der Waals surface area contributed by atoms with Crippen molar-refractivity contribution in [1.82, 2.24) is 14.8 Å². The average molecular weight is 451 g/mol. The van der Waals surface area contributed by atoms with Crippen LogP contribution in [0.25, 0.3) is 0 Å². The fourth-order valence-corrected chi connectivity index (χ4v) is 4.63. The first-order chi connectivity index (χ1) is 15.7. The van der Waals surface area contributed by atoms with Gasteiger partial charge < -0.3 is 19.9 Å². The lowest BCUT2D eigenvalue weighted by atomic mass is 9.71. The maximum atomic E-state index is 13.1. The molecule has 0 unspecified atom stereocenters. The van der Waals surface area contributed by atoms with Gasteiger partial charge in [-0.15, -0.1) is 0 Å². The number of rotatable bonds is 3. The van der Waals surface area contributed by atoms with Gasteiger partial charge in [-0.05, 0) is 76.1 Å². The number of amides is 2. The number of anilines is 2. The maximum absolute atomic E-state index is 13.1. The van der Waals surface area contributed by atoms with Crippen LogP contribution in [0.2, 0.25) is 0 Å². The zero-order chi connectivity index (χ0) is 23.5. The highest BCUT2D eigenvalue weighted by Crippen LogP contribution is 2.41. The number of ether oxygens (including phenoxy) is 1. The van der Waals surface area contributed by atoms with Gasteiger partial charge in [0.15, 0.2) is 0 Å². The molecule has 1 aromatic heterocycles. The number of benzene rings is 1. The van der Waals surface area contributed by atoms with Gasteiger partial charge in [0.2, 0.25) is 0 Å². The van der Waals surface area contributed by atoms with Gasteiger partial charge in [-0.25, -0.2) is 9.78 Å². The Morgan fingerprint density at radius 1 is 0.879 bits per heavy atom. The molecule has 0 radical (unpaired) electrons. The zero-order valence-corrected chi connectivity index (χ0v) is 19.8. The molecular weight excluding hydrogens is 416 g/mol. The van der Waals surface area contributed by atoms with Gasteiger partial charge in [0, 0.05) is 31.9 Å². The summed E-state index contributed by atoms with van der Waals surface area (Å²) < 4.78 is 5.52. The molecule has 2 amide bonds. The van der Waals surface area contributed by atoms with Gasteiger partial charge in [-0.3, -0.25) is 4.79 Å². The number of likely N-dealkylation sites (tertiary alicyclic amines) is 2. The molecule has 0 aliphatic carbocycles. The second-order valence-corrected chi connectivity index (χ2v) is 10.2. The Kier molecular flexibility index (Phi) is 6.58. The minimum absolute atomic E-state index is 0.0206. The number of piperidine rings is 2. The molecule has 0 atom stereocenters.